The second-order valence-electron chi connectivity index (χ2n) is 10.1. The third-order valence-electron chi connectivity index (χ3n) is 6.49. The first-order valence-corrected chi connectivity index (χ1v) is 15.7. The number of hydrogen-bond acceptors (Lipinski definition) is 15. The lowest BCUT2D eigenvalue weighted by atomic mass is 10.2. The van der Waals surface area contributed by atoms with Crippen molar-refractivity contribution in [2.45, 2.75) is 25.7 Å². The van der Waals surface area contributed by atoms with Crippen molar-refractivity contribution in [1.82, 2.24) is 0 Å². The number of benzene rings is 3. The van der Waals surface area contributed by atoms with Crippen molar-refractivity contribution < 1.29 is 71.4 Å². The van der Waals surface area contributed by atoms with Crippen molar-refractivity contribution >= 4 is 36.2 Å². The normalized spacial score (nSPS) is 10.1. The van der Waals surface area contributed by atoms with Crippen LogP contribution in [-0.2, 0) is 28.5 Å². The van der Waals surface area contributed by atoms with Gasteiger partial charge in [-0.25, -0.2) is 28.8 Å². The van der Waals surface area contributed by atoms with E-state index in [1.165, 1.54) is 67.8 Å². The smallest absolute Gasteiger partial charge is 0.493 e. The minimum Gasteiger partial charge on any atom is -0.493 e. The molecule has 0 saturated heterocycles. The maximum absolute atomic E-state index is 13.1. The second-order valence-corrected chi connectivity index (χ2v) is 10.1. The van der Waals surface area contributed by atoms with E-state index in [9.17, 15) is 28.8 Å². The summed E-state index contributed by atoms with van der Waals surface area (Å²) in [4.78, 5) is 72.7. The van der Waals surface area contributed by atoms with Gasteiger partial charge in [0.1, 0.15) is 28.4 Å². The van der Waals surface area contributed by atoms with E-state index >= 15 is 0 Å². The zero-order valence-electron chi connectivity index (χ0n) is 28.2. The second kappa shape index (κ2) is 21.4. The molecule has 0 spiro atoms. The summed E-state index contributed by atoms with van der Waals surface area (Å²) in [5, 5.41) is 0. The average Bonchev–Trinajstić information content (AvgIpc) is 3.15. The van der Waals surface area contributed by atoms with Crippen LogP contribution in [0.3, 0.4) is 0 Å². The van der Waals surface area contributed by atoms with Crippen molar-refractivity contribution in [3.05, 3.63) is 103 Å². The average molecular weight is 721 g/mol. The van der Waals surface area contributed by atoms with Crippen molar-refractivity contribution in [2.24, 2.45) is 0 Å². The monoisotopic (exact) mass is 720 g/mol. The molecule has 3 rings (SSSR count). The molecule has 0 aliphatic carbocycles. The van der Waals surface area contributed by atoms with Crippen molar-refractivity contribution in [3.63, 3.8) is 0 Å². The van der Waals surface area contributed by atoms with Crippen LogP contribution in [0.25, 0.3) is 0 Å². The number of ether oxygens (including phenoxy) is 9. The zero-order chi connectivity index (χ0) is 37.7. The summed E-state index contributed by atoms with van der Waals surface area (Å²) in [5.74, 6) is -3.16. The highest BCUT2D eigenvalue weighted by atomic mass is 16.7. The minimum absolute atomic E-state index is 0.00142. The number of carbonyl (C=O) groups excluding carboxylic acids is 6. The Morgan fingerprint density at radius 1 is 0.519 bits per heavy atom. The summed E-state index contributed by atoms with van der Waals surface area (Å²) in [6.07, 6.45) is 1.64. The Kier molecular flexibility index (Phi) is 16.4. The van der Waals surface area contributed by atoms with Gasteiger partial charge in [-0.1, -0.05) is 37.4 Å². The number of hydrogen-bond donors (Lipinski definition) is 0. The summed E-state index contributed by atoms with van der Waals surface area (Å²) >= 11 is 0. The van der Waals surface area contributed by atoms with Gasteiger partial charge in [0.2, 0.25) is 0 Å². The molecule has 15 heteroatoms. The summed E-state index contributed by atoms with van der Waals surface area (Å²) in [6.45, 7) is 6.83. The summed E-state index contributed by atoms with van der Waals surface area (Å²) in [6, 6.07) is 15.6. The number of unbranched alkanes of at least 4 members (excludes halogenated alkanes) is 2. The maximum atomic E-state index is 13.1. The molecule has 0 atom stereocenters. The van der Waals surface area contributed by atoms with Gasteiger partial charge in [0.25, 0.3) is 0 Å². The van der Waals surface area contributed by atoms with Crippen LogP contribution in [0.1, 0.15) is 46.4 Å². The fraction of sp³-hybridized carbons (Fsp3) is 0.243. The van der Waals surface area contributed by atoms with Gasteiger partial charge in [-0.05, 0) is 62.1 Å². The number of carbonyl (C=O) groups is 6. The van der Waals surface area contributed by atoms with Gasteiger partial charge >= 0.3 is 36.2 Å². The van der Waals surface area contributed by atoms with Gasteiger partial charge in [-0.3, -0.25) is 0 Å². The standard InChI is InChI=1S/C37H36O15/c1-4-32(38)45-20-10-12-22-47-36(42)51-28-16-8-6-14-26(28)34(40)49-25-18-19-30(31(24-25)44-3)50-35(41)27-15-7-9-17-29(27)52-37(43)48-23-13-11-21-46-33(39)5-2/h4-9,14-19,24H,1-2,10-13,20-23H2,3H3. The van der Waals surface area contributed by atoms with E-state index in [2.05, 4.69) is 13.2 Å². The Labute approximate surface area is 298 Å². The van der Waals surface area contributed by atoms with E-state index in [4.69, 9.17) is 42.6 Å². The van der Waals surface area contributed by atoms with Gasteiger partial charge in [-0.15, -0.1) is 0 Å². The molecule has 0 aliphatic rings. The van der Waals surface area contributed by atoms with Crippen molar-refractivity contribution in [3.8, 4) is 28.7 Å². The van der Waals surface area contributed by atoms with E-state index in [1.54, 1.807) is 6.07 Å². The van der Waals surface area contributed by atoms with Crippen LogP contribution in [0.5, 0.6) is 28.7 Å². The Hall–Kier alpha value is -6.64. The molecular formula is C37H36O15. The molecule has 274 valence electrons. The molecule has 0 amide bonds. The first-order chi connectivity index (χ1) is 25.1. The van der Waals surface area contributed by atoms with Gasteiger partial charge < -0.3 is 42.6 Å². The van der Waals surface area contributed by atoms with Crippen molar-refractivity contribution in [1.29, 1.82) is 0 Å². The predicted octanol–water partition coefficient (Wildman–Crippen LogP) is 6.18. The molecule has 0 N–H and O–H groups in total. The molecule has 0 unspecified atom stereocenters. The fourth-order valence-corrected chi connectivity index (χ4v) is 3.98. The third kappa shape index (κ3) is 13.3. The molecule has 0 fully saturated rings. The van der Waals surface area contributed by atoms with E-state index in [1.807, 2.05) is 0 Å². The first kappa shape index (κ1) is 39.8. The summed E-state index contributed by atoms with van der Waals surface area (Å²) < 4.78 is 46.4. The highest BCUT2D eigenvalue weighted by Gasteiger charge is 2.22. The van der Waals surface area contributed by atoms with Crippen LogP contribution in [0, 0.1) is 0 Å². The Morgan fingerprint density at radius 2 is 0.962 bits per heavy atom. The summed E-state index contributed by atoms with van der Waals surface area (Å²) in [5.41, 5.74) is -0.188. The highest BCUT2D eigenvalue weighted by molar-refractivity contribution is 5.96. The van der Waals surface area contributed by atoms with Crippen molar-refractivity contribution in [2.75, 3.05) is 33.5 Å². The van der Waals surface area contributed by atoms with Crippen LogP contribution >= 0.6 is 0 Å². The molecular weight excluding hydrogens is 684 g/mol. The van der Waals surface area contributed by atoms with Crippen LogP contribution in [0.15, 0.2) is 92.0 Å². The van der Waals surface area contributed by atoms with Crippen LogP contribution in [0.4, 0.5) is 9.59 Å². The molecule has 3 aromatic rings. The topological polar surface area (TPSA) is 185 Å². The zero-order valence-corrected chi connectivity index (χ0v) is 28.2. The number of para-hydroxylation sites is 2. The lowest BCUT2D eigenvalue weighted by molar-refractivity contribution is -0.138. The predicted molar refractivity (Wildman–Crippen MR) is 181 cm³/mol. The van der Waals surface area contributed by atoms with E-state index in [0.717, 1.165) is 12.2 Å². The van der Waals surface area contributed by atoms with E-state index in [-0.39, 0.29) is 66.3 Å². The molecule has 0 saturated carbocycles. The largest absolute Gasteiger partial charge is 0.513 e. The van der Waals surface area contributed by atoms with Crippen LogP contribution in [0.2, 0.25) is 0 Å². The number of rotatable bonds is 19. The quantitative estimate of drug-likeness (QED) is 0.0341. The Morgan fingerprint density at radius 3 is 1.42 bits per heavy atom. The van der Waals surface area contributed by atoms with Gasteiger partial charge in [0.05, 0.1) is 33.5 Å². The third-order valence-corrected chi connectivity index (χ3v) is 6.49. The molecule has 0 aromatic heterocycles. The molecule has 0 radical (unpaired) electrons. The molecule has 0 aliphatic heterocycles. The lowest BCUT2D eigenvalue weighted by Crippen LogP contribution is -2.16. The maximum Gasteiger partial charge on any atom is 0.513 e. The van der Waals surface area contributed by atoms with Gasteiger partial charge in [-0.2, -0.15) is 0 Å². The molecule has 0 heterocycles. The Balaban J connectivity index is 1.56. The van der Waals surface area contributed by atoms with E-state index < -0.39 is 36.2 Å². The fourth-order valence-electron chi connectivity index (χ4n) is 3.98. The first-order valence-electron chi connectivity index (χ1n) is 15.7. The molecule has 15 nitrogen and oxygen atoms in total. The van der Waals surface area contributed by atoms with Gasteiger partial charge in [0, 0.05) is 18.2 Å². The molecule has 0 bridgehead atoms. The van der Waals surface area contributed by atoms with Crippen LogP contribution < -0.4 is 23.7 Å². The highest BCUT2D eigenvalue weighted by Crippen LogP contribution is 2.33. The minimum atomic E-state index is -1.06. The van der Waals surface area contributed by atoms with E-state index in [0.29, 0.717) is 25.7 Å². The number of methoxy groups -OCH3 is 1. The van der Waals surface area contributed by atoms with Gasteiger partial charge in [0.15, 0.2) is 11.5 Å². The molecule has 52 heavy (non-hydrogen) atoms. The summed E-state index contributed by atoms with van der Waals surface area (Å²) in [7, 11) is 1.30. The number of esters is 4. The Bertz CT molecular complexity index is 1750. The lowest BCUT2D eigenvalue weighted by Gasteiger charge is -2.13. The molecule has 3 aromatic carbocycles. The SMILES string of the molecule is C=CC(=O)OCCCCOC(=O)Oc1ccccc1C(=O)Oc1ccc(OC(=O)c2ccccc2OC(=O)OCCCCOC(=O)C=C)c(OC)c1. The van der Waals surface area contributed by atoms with Crippen LogP contribution in [-0.4, -0.2) is 69.7 Å².